The van der Waals surface area contributed by atoms with E-state index in [0.717, 1.165) is 9.94 Å². The molecule has 0 saturated heterocycles. The van der Waals surface area contributed by atoms with Gasteiger partial charge in [-0.3, -0.25) is 0 Å². The summed E-state index contributed by atoms with van der Waals surface area (Å²) in [5.41, 5.74) is 2.21. The first-order valence-corrected chi connectivity index (χ1v) is 3.78. The van der Waals surface area contributed by atoms with Gasteiger partial charge in [-0.2, -0.15) is 0 Å². The highest BCUT2D eigenvalue weighted by Gasteiger charge is 2.07. The molecule has 2 rings (SSSR count). The van der Waals surface area contributed by atoms with E-state index in [1.54, 1.807) is 19.2 Å². The van der Waals surface area contributed by atoms with E-state index in [2.05, 4.69) is 4.98 Å². The van der Waals surface area contributed by atoms with Crippen molar-refractivity contribution in [2.75, 3.05) is 0 Å². The molecule has 1 aromatic carbocycles. The second kappa shape index (κ2) is 2.44. The molecule has 0 aliphatic heterocycles. The zero-order valence-electron chi connectivity index (χ0n) is 6.74. The second-order valence-corrected chi connectivity index (χ2v) is 2.74. The number of H-pyrrole nitrogens is 1. The SMILES string of the molecule is Cc1c[nH]c2ccccc2[n+]1=O. The highest BCUT2D eigenvalue weighted by atomic mass is 16.3. The molecule has 1 heterocycles. The van der Waals surface area contributed by atoms with Gasteiger partial charge in [0.15, 0.2) is 0 Å². The molecule has 0 spiro atoms. The van der Waals surface area contributed by atoms with Gasteiger partial charge >= 0.3 is 0 Å². The second-order valence-electron chi connectivity index (χ2n) is 2.74. The number of hydrogen-bond donors (Lipinski definition) is 1. The van der Waals surface area contributed by atoms with Gasteiger partial charge in [0.1, 0.15) is 5.52 Å². The Hall–Kier alpha value is -1.64. The summed E-state index contributed by atoms with van der Waals surface area (Å²) in [6.45, 7) is 1.77. The van der Waals surface area contributed by atoms with E-state index in [4.69, 9.17) is 0 Å². The quantitative estimate of drug-likeness (QED) is 0.582. The van der Waals surface area contributed by atoms with Gasteiger partial charge in [0, 0.05) is 17.9 Å². The van der Waals surface area contributed by atoms with Gasteiger partial charge < -0.3 is 4.98 Å². The van der Waals surface area contributed by atoms with Crippen LogP contribution in [-0.4, -0.2) is 4.98 Å². The number of rotatable bonds is 0. The Morgan fingerprint density at radius 2 is 2.08 bits per heavy atom. The third-order valence-corrected chi connectivity index (χ3v) is 1.88. The molecule has 3 heteroatoms. The van der Waals surface area contributed by atoms with Crippen molar-refractivity contribution in [2.24, 2.45) is 0 Å². The number of hydrogen-bond acceptors (Lipinski definition) is 1. The number of aromatic amines is 1. The lowest BCUT2D eigenvalue weighted by Crippen LogP contribution is -2.19. The lowest BCUT2D eigenvalue weighted by Gasteiger charge is -1.89. The summed E-state index contributed by atoms with van der Waals surface area (Å²) in [6.07, 6.45) is 1.70. The van der Waals surface area contributed by atoms with Gasteiger partial charge in [-0.05, 0) is 6.07 Å². The van der Waals surface area contributed by atoms with Crippen LogP contribution in [0, 0.1) is 11.8 Å². The van der Waals surface area contributed by atoms with Crippen LogP contribution in [0.15, 0.2) is 30.5 Å². The average molecular weight is 161 g/mol. The molecule has 0 aliphatic rings. The van der Waals surface area contributed by atoms with Crippen LogP contribution in [0.4, 0.5) is 0 Å². The lowest BCUT2D eigenvalue weighted by atomic mass is 10.3. The highest BCUT2D eigenvalue weighted by molar-refractivity contribution is 5.69. The molecule has 0 atom stereocenters. The fourth-order valence-corrected chi connectivity index (χ4v) is 1.20. The van der Waals surface area contributed by atoms with Crippen molar-refractivity contribution in [2.45, 2.75) is 6.92 Å². The summed E-state index contributed by atoms with van der Waals surface area (Å²) in [6, 6.07) is 7.42. The summed E-state index contributed by atoms with van der Waals surface area (Å²) in [7, 11) is 0. The molecule has 0 aliphatic carbocycles. The molecular formula is C9H9N2O+. The van der Waals surface area contributed by atoms with E-state index < -0.39 is 0 Å². The molecule has 0 fully saturated rings. The van der Waals surface area contributed by atoms with Gasteiger partial charge in [-0.15, -0.1) is 0 Å². The molecule has 3 nitrogen and oxygen atoms in total. The van der Waals surface area contributed by atoms with Crippen LogP contribution < -0.4 is 4.43 Å². The van der Waals surface area contributed by atoms with Crippen LogP contribution >= 0.6 is 0 Å². The van der Waals surface area contributed by atoms with Crippen LogP contribution in [0.5, 0.6) is 0 Å². The van der Waals surface area contributed by atoms with Crippen molar-refractivity contribution < 1.29 is 4.43 Å². The smallest absolute Gasteiger partial charge is 0.286 e. The fourth-order valence-electron chi connectivity index (χ4n) is 1.20. The lowest BCUT2D eigenvalue weighted by molar-refractivity contribution is -0.472. The van der Waals surface area contributed by atoms with Gasteiger partial charge in [-0.25, -0.2) is 0 Å². The topological polar surface area (TPSA) is 38.8 Å². The largest absolute Gasteiger partial charge is 0.351 e. The maximum absolute atomic E-state index is 11.4. The first-order chi connectivity index (χ1) is 5.79. The summed E-state index contributed by atoms with van der Waals surface area (Å²) < 4.78 is 0.922. The maximum atomic E-state index is 11.4. The van der Waals surface area contributed by atoms with Crippen LogP contribution in [0.2, 0.25) is 0 Å². The molecule has 1 N–H and O–H groups in total. The van der Waals surface area contributed by atoms with E-state index in [1.807, 2.05) is 18.2 Å². The Bertz CT molecular complexity index is 473. The standard InChI is InChI=1S/C9H9N2O/c1-7-6-10-8-4-2-3-5-9(8)11(7)12/h2-6H,1H3,(H,10,12)/q+1. The number of aryl methyl sites for hydroxylation is 1. The minimum absolute atomic E-state index is 0.675. The van der Waals surface area contributed by atoms with Gasteiger partial charge in [-0.1, -0.05) is 12.1 Å². The normalized spacial score (nSPS) is 10.4. The number of para-hydroxylation sites is 2. The highest BCUT2D eigenvalue weighted by Crippen LogP contribution is 2.04. The summed E-state index contributed by atoms with van der Waals surface area (Å²) in [5.74, 6) is 0. The van der Waals surface area contributed by atoms with Crippen molar-refractivity contribution in [3.63, 3.8) is 0 Å². The third-order valence-electron chi connectivity index (χ3n) is 1.88. The first-order valence-electron chi connectivity index (χ1n) is 3.78. The third kappa shape index (κ3) is 0.906. The van der Waals surface area contributed by atoms with E-state index in [0.29, 0.717) is 11.2 Å². The number of fused-ring (bicyclic) bond motifs is 1. The Morgan fingerprint density at radius 1 is 1.33 bits per heavy atom. The van der Waals surface area contributed by atoms with Crippen LogP contribution in [0.25, 0.3) is 11.0 Å². The predicted molar refractivity (Wildman–Crippen MR) is 46.4 cm³/mol. The molecule has 1 aromatic heterocycles. The van der Waals surface area contributed by atoms with E-state index in [-0.39, 0.29) is 0 Å². The van der Waals surface area contributed by atoms with E-state index in [9.17, 15) is 4.91 Å². The Labute approximate surface area is 69.3 Å². The van der Waals surface area contributed by atoms with Crippen molar-refractivity contribution in [1.29, 1.82) is 0 Å². The number of nitrogens with one attached hydrogen (secondary N) is 1. The summed E-state index contributed by atoms with van der Waals surface area (Å²) in [4.78, 5) is 14.5. The maximum Gasteiger partial charge on any atom is 0.286 e. The zero-order valence-corrected chi connectivity index (χ0v) is 6.74. The molecule has 0 amide bonds. The van der Waals surface area contributed by atoms with Gasteiger partial charge in [0.2, 0.25) is 0 Å². The molecule has 12 heavy (non-hydrogen) atoms. The van der Waals surface area contributed by atoms with Crippen molar-refractivity contribution in [3.05, 3.63) is 41.1 Å². The zero-order chi connectivity index (χ0) is 8.55. The van der Waals surface area contributed by atoms with Gasteiger partial charge in [0.25, 0.3) is 11.2 Å². The Morgan fingerprint density at radius 3 is 2.92 bits per heavy atom. The van der Waals surface area contributed by atoms with Crippen molar-refractivity contribution in [3.8, 4) is 0 Å². The van der Waals surface area contributed by atoms with Gasteiger partial charge in [0.05, 0.1) is 10.6 Å². The van der Waals surface area contributed by atoms with Crippen molar-refractivity contribution >= 4 is 11.0 Å². The number of nitrogens with zero attached hydrogens (tertiary/aromatic N) is 1. The average Bonchev–Trinajstić information content (AvgIpc) is 2.12. The number of benzene rings is 1. The number of aromatic nitrogens is 2. The predicted octanol–water partition coefficient (Wildman–Crippen LogP) is 1.39. The Balaban J connectivity index is 3.01. The van der Waals surface area contributed by atoms with E-state index in [1.165, 1.54) is 0 Å². The Kier molecular flexibility index (Phi) is 1.43. The minimum atomic E-state index is 0.675. The van der Waals surface area contributed by atoms with E-state index >= 15 is 0 Å². The fraction of sp³-hybridized carbons (Fsp3) is 0.111. The van der Waals surface area contributed by atoms with Crippen molar-refractivity contribution in [1.82, 2.24) is 4.98 Å². The molecule has 0 saturated carbocycles. The minimum Gasteiger partial charge on any atom is -0.351 e. The molecule has 0 unspecified atom stereocenters. The van der Waals surface area contributed by atoms with Crippen LogP contribution in [0.1, 0.15) is 5.69 Å². The summed E-state index contributed by atoms with van der Waals surface area (Å²) >= 11 is 0. The summed E-state index contributed by atoms with van der Waals surface area (Å²) in [5, 5.41) is 0. The first kappa shape index (κ1) is 7.03. The molecule has 2 aromatic rings. The molecule has 60 valence electrons. The van der Waals surface area contributed by atoms with Crippen LogP contribution in [0.3, 0.4) is 0 Å². The molecule has 0 radical (unpaired) electrons. The monoisotopic (exact) mass is 161 g/mol. The molecule has 0 bridgehead atoms. The van der Waals surface area contributed by atoms with Crippen LogP contribution in [-0.2, 0) is 0 Å². The molecular weight excluding hydrogens is 152 g/mol.